The van der Waals surface area contributed by atoms with Crippen LogP contribution in [-0.2, 0) is 10.0 Å². The average molecular weight is 293 g/mol. The molecule has 1 aromatic rings. The number of hydrogen-bond acceptors (Lipinski definition) is 4. The third-order valence-electron chi connectivity index (χ3n) is 3.90. The molecular weight excluding hydrogens is 274 g/mol. The van der Waals surface area contributed by atoms with Gasteiger partial charge in [0.15, 0.2) is 0 Å². The fourth-order valence-electron chi connectivity index (χ4n) is 2.72. The van der Waals surface area contributed by atoms with Crippen LogP contribution in [0, 0.1) is 17.2 Å². The maximum absolute atomic E-state index is 12.3. The van der Waals surface area contributed by atoms with Crippen molar-refractivity contribution in [2.24, 2.45) is 5.92 Å². The van der Waals surface area contributed by atoms with Gasteiger partial charge in [-0.15, -0.1) is 0 Å². The third-order valence-corrected chi connectivity index (χ3v) is 5.38. The first-order chi connectivity index (χ1) is 9.56. The summed E-state index contributed by atoms with van der Waals surface area (Å²) in [6.45, 7) is 2.10. The lowest BCUT2D eigenvalue weighted by Crippen LogP contribution is -2.41. The molecule has 1 saturated carbocycles. The van der Waals surface area contributed by atoms with E-state index < -0.39 is 10.0 Å². The molecule has 2 unspecified atom stereocenters. The van der Waals surface area contributed by atoms with Crippen LogP contribution in [-0.4, -0.2) is 19.4 Å². The zero-order chi connectivity index (χ0) is 14.6. The van der Waals surface area contributed by atoms with Crippen LogP contribution >= 0.6 is 0 Å². The molecular formula is C14H19N3O2S. The molecule has 1 aliphatic carbocycles. The maximum Gasteiger partial charge on any atom is 0.242 e. The first kappa shape index (κ1) is 14.9. The van der Waals surface area contributed by atoms with Crippen LogP contribution in [0.1, 0.15) is 44.7 Å². The Balaban J connectivity index is 2.15. The van der Waals surface area contributed by atoms with Crippen LogP contribution in [0.15, 0.2) is 23.2 Å². The van der Waals surface area contributed by atoms with Gasteiger partial charge in [-0.2, -0.15) is 5.26 Å². The van der Waals surface area contributed by atoms with E-state index in [9.17, 15) is 8.42 Å². The van der Waals surface area contributed by atoms with Crippen molar-refractivity contribution in [3.63, 3.8) is 0 Å². The van der Waals surface area contributed by atoms with Crippen molar-refractivity contribution < 1.29 is 8.42 Å². The summed E-state index contributed by atoms with van der Waals surface area (Å²) in [7, 11) is -3.55. The molecule has 6 heteroatoms. The number of nitrogens with one attached hydrogen (secondary N) is 1. The first-order valence-electron chi connectivity index (χ1n) is 6.95. The summed E-state index contributed by atoms with van der Waals surface area (Å²) in [4.78, 5) is 3.94. The summed E-state index contributed by atoms with van der Waals surface area (Å²) >= 11 is 0. The van der Waals surface area contributed by atoms with Crippen molar-refractivity contribution in [2.45, 2.75) is 50.0 Å². The summed E-state index contributed by atoms with van der Waals surface area (Å²) in [6, 6.07) is 4.74. The summed E-state index contributed by atoms with van der Waals surface area (Å²) < 4.78 is 27.5. The van der Waals surface area contributed by atoms with Gasteiger partial charge in [0.25, 0.3) is 0 Å². The smallest absolute Gasteiger partial charge is 0.242 e. The summed E-state index contributed by atoms with van der Waals surface area (Å²) in [5, 5.41) is 8.68. The van der Waals surface area contributed by atoms with Crippen LogP contribution in [0.5, 0.6) is 0 Å². The summed E-state index contributed by atoms with van der Waals surface area (Å²) in [5.74, 6) is 0.407. The molecule has 0 aliphatic heterocycles. The van der Waals surface area contributed by atoms with E-state index in [4.69, 9.17) is 5.26 Å². The van der Waals surface area contributed by atoms with E-state index in [0.29, 0.717) is 5.92 Å². The molecule has 1 N–H and O–H groups in total. The normalized spacial score (nSPS) is 23.2. The van der Waals surface area contributed by atoms with Crippen LogP contribution in [0.3, 0.4) is 0 Å². The number of sulfonamides is 1. The van der Waals surface area contributed by atoms with Crippen molar-refractivity contribution in [2.75, 3.05) is 0 Å². The van der Waals surface area contributed by atoms with Crippen LogP contribution in [0.25, 0.3) is 0 Å². The number of hydrogen-bond donors (Lipinski definition) is 1. The van der Waals surface area contributed by atoms with Gasteiger partial charge >= 0.3 is 0 Å². The molecule has 1 aromatic heterocycles. The standard InChI is InChI=1S/C14H19N3O2S/c1-2-11-5-3-4-6-14(11)17-20(18,19)13-8-7-12(9-15)16-10-13/h7-8,10-11,14,17H,2-6H2,1H3. The van der Waals surface area contributed by atoms with E-state index in [2.05, 4.69) is 16.6 Å². The Morgan fingerprint density at radius 3 is 2.75 bits per heavy atom. The van der Waals surface area contributed by atoms with Gasteiger partial charge in [-0.05, 0) is 30.9 Å². The van der Waals surface area contributed by atoms with E-state index in [1.807, 2.05) is 6.07 Å². The van der Waals surface area contributed by atoms with E-state index in [1.165, 1.54) is 24.8 Å². The molecule has 0 saturated heterocycles. The molecule has 1 fully saturated rings. The Morgan fingerprint density at radius 2 is 2.15 bits per heavy atom. The molecule has 0 radical (unpaired) electrons. The molecule has 5 nitrogen and oxygen atoms in total. The minimum absolute atomic E-state index is 0.00870. The zero-order valence-electron chi connectivity index (χ0n) is 11.5. The summed E-state index contributed by atoms with van der Waals surface area (Å²) in [6.07, 6.45) is 6.44. The fourth-order valence-corrected chi connectivity index (χ4v) is 4.01. The van der Waals surface area contributed by atoms with Gasteiger partial charge in [0.1, 0.15) is 16.7 Å². The van der Waals surface area contributed by atoms with Crippen molar-refractivity contribution in [3.05, 3.63) is 24.0 Å². The SMILES string of the molecule is CCC1CCCCC1NS(=O)(=O)c1ccc(C#N)nc1. The Kier molecular flexibility index (Phi) is 4.73. The highest BCUT2D eigenvalue weighted by Crippen LogP contribution is 2.28. The minimum atomic E-state index is -3.55. The number of nitriles is 1. The molecule has 2 rings (SSSR count). The average Bonchev–Trinajstić information content (AvgIpc) is 2.47. The Bertz CT molecular complexity index is 590. The maximum atomic E-state index is 12.3. The molecule has 20 heavy (non-hydrogen) atoms. The Labute approximate surface area is 120 Å². The first-order valence-corrected chi connectivity index (χ1v) is 8.43. The highest BCUT2D eigenvalue weighted by molar-refractivity contribution is 7.89. The van der Waals surface area contributed by atoms with Gasteiger partial charge in [0.05, 0.1) is 0 Å². The quantitative estimate of drug-likeness (QED) is 0.922. The molecule has 1 heterocycles. The van der Waals surface area contributed by atoms with Crippen LogP contribution in [0.4, 0.5) is 0 Å². The number of pyridine rings is 1. The highest BCUT2D eigenvalue weighted by atomic mass is 32.2. The second-order valence-corrected chi connectivity index (χ2v) is 6.89. The molecule has 0 amide bonds. The molecule has 1 aliphatic rings. The van der Waals surface area contributed by atoms with Crippen LogP contribution < -0.4 is 4.72 Å². The lowest BCUT2D eigenvalue weighted by molar-refractivity contribution is 0.282. The van der Waals surface area contributed by atoms with Gasteiger partial charge in [0.2, 0.25) is 10.0 Å². The van der Waals surface area contributed by atoms with Crippen molar-refractivity contribution in [1.82, 2.24) is 9.71 Å². The molecule has 2 atom stereocenters. The number of rotatable bonds is 4. The second-order valence-electron chi connectivity index (χ2n) is 5.17. The van der Waals surface area contributed by atoms with Gasteiger partial charge in [-0.3, -0.25) is 0 Å². The van der Waals surface area contributed by atoms with Gasteiger partial charge in [0, 0.05) is 12.2 Å². The zero-order valence-corrected chi connectivity index (χ0v) is 12.4. The van der Waals surface area contributed by atoms with Crippen molar-refractivity contribution in [3.8, 4) is 6.07 Å². The van der Waals surface area contributed by atoms with Crippen molar-refractivity contribution >= 4 is 10.0 Å². The van der Waals surface area contributed by atoms with Crippen LogP contribution in [0.2, 0.25) is 0 Å². The highest BCUT2D eigenvalue weighted by Gasteiger charge is 2.28. The Morgan fingerprint density at radius 1 is 1.40 bits per heavy atom. The largest absolute Gasteiger partial charge is 0.244 e. The van der Waals surface area contributed by atoms with E-state index in [-0.39, 0.29) is 16.6 Å². The minimum Gasteiger partial charge on any atom is -0.244 e. The number of aromatic nitrogens is 1. The third kappa shape index (κ3) is 3.35. The second kappa shape index (κ2) is 6.33. The summed E-state index contributed by atoms with van der Waals surface area (Å²) in [5.41, 5.74) is 0.216. The van der Waals surface area contributed by atoms with E-state index in [1.54, 1.807) is 0 Å². The fraction of sp³-hybridized carbons (Fsp3) is 0.571. The predicted octanol–water partition coefficient (Wildman–Crippen LogP) is 2.20. The molecule has 0 aromatic carbocycles. The lowest BCUT2D eigenvalue weighted by atomic mass is 9.83. The molecule has 108 valence electrons. The van der Waals surface area contributed by atoms with Gasteiger partial charge < -0.3 is 0 Å². The topological polar surface area (TPSA) is 82.9 Å². The Hall–Kier alpha value is -1.45. The van der Waals surface area contributed by atoms with E-state index in [0.717, 1.165) is 25.7 Å². The van der Waals surface area contributed by atoms with E-state index >= 15 is 0 Å². The van der Waals surface area contributed by atoms with Gasteiger partial charge in [-0.25, -0.2) is 18.1 Å². The molecule has 0 bridgehead atoms. The number of nitrogens with zero attached hydrogens (tertiary/aromatic N) is 2. The predicted molar refractivity (Wildman–Crippen MR) is 75.3 cm³/mol. The van der Waals surface area contributed by atoms with Crippen molar-refractivity contribution in [1.29, 1.82) is 5.26 Å². The monoisotopic (exact) mass is 293 g/mol. The van der Waals surface area contributed by atoms with Gasteiger partial charge in [-0.1, -0.05) is 26.2 Å². The molecule has 0 spiro atoms. The lowest BCUT2D eigenvalue weighted by Gasteiger charge is -2.31.